The molecule has 0 bridgehead atoms. The van der Waals surface area contributed by atoms with Crippen LogP contribution < -0.4 is 10.5 Å². The first-order valence-corrected chi connectivity index (χ1v) is 8.44. The summed E-state index contributed by atoms with van der Waals surface area (Å²) in [7, 11) is -3.81. The van der Waals surface area contributed by atoms with Crippen molar-refractivity contribution in [2.75, 3.05) is 5.32 Å². The molecule has 0 saturated heterocycles. The molecule has 0 aliphatic carbocycles. The normalized spacial score (nSPS) is 11.2. The quantitative estimate of drug-likeness (QED) is 0.638. The Kier molecular flexibility index (Phi) is 5.30. The lowest BCUT2D eigenvalue weighted by atomic mass is 10.1. The molecule has 0 atom stereocenters. The van der Waals surface area contributed by atoms with Crippen LogP contribution in [-0.2, 0) is 14.8 Å². The van der Waals surface area contributed by atoms with Crippen molar-refractivity contribution in [3.63, 3.8) is 0 Å². The summed E-state index contributed by atoms with van der Waals surface area (Å²) in [6, 6.07) is 15.4. The predicted octanol–water partition coefficient (Wildman–Crippen LogP) is 1.75. The monoisotopic (exact) mass is 352 g/mol. The van der Waals surface area contributed by atoms with Crippen molar-refractivity contribution in [3.8, 4) is 12.1 Å². The van der Waals surface area contributed by atoms with Gasteiger partial charge in [0.05, 0.1) is 16.5 Å². The number of sulfonamides is 1. The number of amides is 1. The van der Waals surface area contributed by atoms with Crippen LogP contribution in [0.2, 0.25) is 0 Å². The van der Waals surface area contributed by atoms with E-state index in [1.165, 1.54) is 30.3 Å². The number of primary sulfonamides is 1. The van der Waals surface area contributed by atoms with Gasteiger partial charge >= 0.3 is 0 Å². The number of nitrogens with one attached hydrogen (secondary N) is 1. The first kappa shape index (κ1) is 17.9. The molecular formula is C17H12N4O3S. The van der Waals surface area contributed by atoms with Gasteiger partial charge in [0.25, 0.3) is 5.91 Å². The number of hydrogen-bond donors (Lipinski definition) is 2. The molecule has 7 nitrogen and oxygen atoms in total. The minimum absolute atomic E-state index is 0.0841. The van der Waals surface area contributed by atoms with Gasteiger partial charge in [0.15, 0.2) is 0 Å². The topological polar surface area (TPSA) is 137 Å². The summed E-state index contributed by atoms with van der Waals surface area (Å²) in [5.41, 5.74) is 1.24. The zero-order valence-corrected chi connectivity index (χ0v) is 13.6. The van der Waals surface area contributed by atoms with Gasteiger partial charge in [-0.25, -0.2) is 13.6 Å². The van der Waals surface area contributed by atoms with Crippen molar-refractivity contribution >= 4 is 27.7 Å². The van der Waals surface area contributed by atoms with E-state index in [1.54, 1.807) is 30.3 Å². The average Bonchev–Trinajstić information content (AvgIpc) is 2.59. The number of nitrogens with two attached hydrogens (primary N) is 1. The van der Waals surface area contributed by atoms with E-state index in [4.69, 9.17) is 15.7 Å². The molecule has 0 saturated carbocycles. The lowest BCUT2D eigenvalue weighted by Gasteiger charge is -2.05. The average molecular weight is 352 g/mol. The Balaban J connectivity index is 2.18. The van der Waals surface area contributed by atoms with E-state index in [0.29, 0.717) is 16.8 Å². The van der Waals surface area contributed by atoms with Crippen LogP contribution in [0.25, 0.3) is 6.08 Å². The second-order valence-corrected chi connectivity index (χ2v) is 6.49. The maximum Gasteiger partial charge on any atom is 0.266 e. The van der Waals surface area contributed by atoms with Gasteiger partial charge in [0.1, 0.15) is 11.6 Å². The third-order valence-electron chi connectivity index (χ3n) is 3.16. The first-order chi connectivity index (χ1) is 11.8. The SMILES string of the molecule is N#C/C(=C\c1ccc(C#N)cc1)C(=O)Nc1ccc(S(N)(=O)=O)cc1. The fraction of sp³-hybridized carbons (Fsp3) is 0. The zero-order chi connectivity index (χ0) is 18.4. The van der Waals surface area contributed by atoms with Gasteiger partial charge in [-0.2, -0.15) is 10.5 Å². The van der Waals surface area contributed by atoms with Crippen molar-refractivity contribution in [1.82, 2.24) is 0 Å². The number of hydrogen-bond acceptors (Lipinski definition) is 5. The van der Waals surface area contributed by atoms with Crippen LogP contribution in [0.4, 0.5) is 5.69 Å². The lowest BCUT2D eigenvalue weighted by Crippen LogP contribution is -2.14. The smallest absolute Gasteiger partial charge is 0.266 e. The standard InChI is InChI=1S/C17H12N4O3S/c18-10-13-3-1-12(2-4-13)9-14(11-19)17(22)21-15-5-7-16(8-6-15)25(20,23)24/h1-9H,(H,21,22)(H2,20,23,24)/b14-9+. The second kappa shape index (κ2) is 7.41. The highest BCUT2D eigenvalue weighted by Crippen LogP contribution is 2.15. The fourth-order valence-corrected chi connectivity index (χ4v) is 2.41. The molecule has 0 fully saturated rings. The van der Waals surface area contributed by atoms with E-state index < -0.39 is 15.9 Å². The van der Waals surface area contributed by atoms with Crippen LogP contribution in [-0.4, -0.2) is 14.3 Å². The molecule has 2 aromatic rings. The number of carbonyl (C=O) groups excluding carboxylic acids is 1. The molecule has 3 N–H and O–H groups in total. The van der Waals surface area contributed by atoms with Crippen molar-refractivity contribution in [2.24, 2.45) is 5.14 Å². The number of nitrogens with zero attached hydrogens (tertiary/aromatic N) is 2. The van der Waals surface area contributed by atoms with Crippen molar-refractivity contribution < 1.29 is 13.2 Å². The van der Waals surface area contributed by atoms with Crippen LogP contribution in [0.1, 0.15) is 11.1 Å². The van der Waals surface area contributed by atoms with Crippen LogP contribution in [0.3, 0.4) is 0 Å². The molecule has 0 heterocycles. The van der Waals surface area contributed by atoms with Crippen molar-refractivity contribution in [1.29, 1.82) is 10.5 Å². The number of benzene rings is 2. The summed E-state index contributed by atoms with van der Waals surface area (Å²) in [4.78, 5) is 12.1. The molecule has 2 rings (SSSR count). The fourth-order valence-electron chi connectivity index (χ4n) is 1.90. The molecule has 2 aromatic carbocycles. The molecular weight excluding hydrogens is 340 g/mol. The first-order valence-electron chi connectivity index (χ1n) is 6.89. The van der Waals surface area contributed by atoms with Gasteiger partial charge in [-0.15, -0.1) is 0 Å². The lowest BCUT2D eigenvalue weighted by molar-refractivity contribution is -0.112. The summed E-state index contributed by atoms with van der Waals surface area (Å²) < 4.78 is 22.4. The molecule has 25 heavy (non-hydrogen) atoms. The Morgan fingerprint density at radius 2 is 1.64 bits per heavy atom. The van der Waals surface area contributed by atoms with E-state index in [0.717, 1.165) is 0 Å². The van der Waals surface area contributed by atoms with Crippen LogP contribution >= 0.6 is 0 Å². The number of carbonyl (C=O) groups is 1. The summed E-state index contributed by atoms with van der Waals surface area (Å²) in [6.07, 6.45) is 1.38. The molecule has 0 aliphatic heterocycles. The van der Waals surface area contributed by atoms with Crippen LogP contribution in [0.5, 0.6) is 0 Å². The van der Waals surface area contributed by atoms with Gasteiger partial charge in [-0.05, 0) is 48.0 Å². The summed E-state index contributed by atoms with van der Waals surface area (Å²) >= 11 is 0. The summed E-state index contributed by atoms with van der Waals surface area (Å²) in [5.74, 6) is -0.643. The third-order valence-corrected chi connectivity index (χ3v) is 4.09. The highest BCUT2D eigenvalue weighted by molar-refractivity contribution is 7.89. The molecule has 0 radical (unpaired) electrons. The Labute approximate surface area is 144 Å². The maximum absolute atomic E-state index is 12.2. The Bertz CT molecular complexity index is 1010. The number of nitriles is 2. The van der Waals surface area contributed by atoms with E-state index in [2.05, 4.69) is 5.32 Å². The van der Waals surface area contributed by atoms with E-state index in [1.807, 2.05) is 6.07 Å². The van der Waals surface area contributed by atoms with Gasteiger partial charge in [0.2, 0.25) is 10.0 Å². The highest BCUT2D eigenvalue weighted by atomic mass is 32.2. The molecule has 0 aliphatic rings. The second-order valence-electron chi connectivity index (χ2n) is 4.93. The zero-order valence-electron chi connectivity index (χ0n) is 12.8. The molecule has 1 amide bonds. The Morgan fingerprint density at radius 3 is 2.12 bits per heavy atom. The van der Waals surface area contributed by atoms with Crippen LogP contribution in [0.15, 0.2) is 59.0 Å². The van der Waals surface area contributed by atoms with Gasteiger partial charge in [0, 0.05) is 5.69 Å². The highest BCUT2D eigenvalue weighted by Gasteiger charge is 2.11. The number of anilines is 1. The molecule has 8 heteroatoms. The van der Waals surface area contributed by atoms with Crippen LogP contribution in [0, 0.1) is 22.7 Å². The van der Waals surface area contributed by atoms with Crippen molar-refractivity contribution in [3.05, 3.63) is 65.2 Å². The number of rotatable bonds is 4. The van der Waals surface area contributed by atoms with Gasteiger partial charge in [-0.1, -0.05) is 12.1 Å². The van der Waals surface area contributed by atoms with E-state index >= 15 is 0 Å². The predicted molar refractivity (Wildman–Crippen MR) is 91.2 cm³/mol. The molecule has 0 unspecified atom stereocenters. The summed E-state index contributed by atoms with van der Waals surface area (Å²) in [5, 5.41) is 25.4. The molecule has 0 spiro atoms. The minimum atomic E-state index is -3.81. The van der Waals surface area contributed by atoms with Gasteiger partial charge < -0.3 is 5.32 Å². The maximum atomic E-state index is 12.2. The Hall–Kier alpha value is -3.46. The molecule has 0 aromatic heterocycles. The third kappa shape index (κ3) is 4.75. The van der Waals surface area contributed by atoms with Crippen molar-refractivity contribution in [2.45, 2.75) is 4.90 Å². The summed E-state index contributed by atoms with van der Waals surface area (Å²) in [6.45, 7) is 0. The van der Waals surface area contributed by atoms with Gasteiger partial charge in [-0.3, -0.25) is 4.79 Å². The molecule has 124 valence electrons. The van der Waals surface area contributed by atoms with E-state index in [-0.39, 0.29) is 10.5 Å². The minimum Gasteiger partial charge on any atom is -0.321 e. The Morgan fingerprint density at radius 1 is 1.04 bits per heavy atom. The largest absolute Gasteiger partial charge is 0.321 e. The van der Waals surface area contributed by atoms with E-state index in [9.17, 15) is 13.2 Å².